The van der Waals surface area contributed by atoms with Gasteiger partial charge in [0, 0.05) is 29.4 Å². The van der Waals surface area contributed by atoms with Gasteiger partial charge in [-0.2, -0.15) is 0 Å². The third kappa shape index (κ3) is 1.95. The van der Waals surface area contributed by atoms with Gasteiger partial charge in [0.15, 0.2) is 0 Å². The molecule has 1 atom stereocenters. The molecule has 0 amide bonds. The zero-order valence-corrected chi connectivity index (χ0v) is 6.92. The third-order valence-corrected chi connectivity index (χ3v) is 1.34. The summed E-state index contributed by atoms with van der Waals surface area (Å²) in [5.41, 5.74) is 5.32. The molecule has 14 heavy (non-hydrogen) atoms. The molecule has 1 saturated heterocycles. The Hall–Kier alpha value is -1.32. The summed E-state index contributed by atoms with van der Waals surface area (Å²) in [5, 5.41) is 0. The lowest BCUT2D eigenvalue weighted by Gasteiger charge is -2.31. The maximum atomic E-state index is 8.21. The Kier molecular flexibility index (Phi) is 0.616. The lowest BCUT2D eigenvalue weighted by atomic mass is 10.0. The first kappa shape index (κ1) is 2.26. The molecule has 0 saturated carbocycles. The fourth-order valence-electron chi connectivity index (χ4n) is 0.790. The molecule has 1 aliphatic heterocycles. The first-order valence-electron chi connectivity index (χ1n) is 10.6. The van der Waals surface area contributed by atoms with Crippen molar-refractivity contribution >= 4 is 11.6 Å². The quantitative estimate of drug-likeness (QED) is 0.752. The second-order valence-electron chi connectivity index (χ2n) is 2.34. The first-order valence-corrected chi connectivity index (χ1v) is 3.60. The van der Waals surface area contributed by atoms with E-state index in [4.69, 9.17) is 24.9 Å². The number of nitrogens with zero attached hydrogens (tertiary/aromatic N) is 3. The van der Waals surface area contributed by atoms with E-state index < -0.39 is 62.5 Å². The number of piperidine rings is 1. The standard InChI is InChI=1S/C10H16N4/c1-8-3-2-4-14(7-8)10-6-12-9(11)5-13-10/h5-6,8H,2-4,7H2,1H3,(H2,11,12)/i1D3,2D2,3D2,4D2,5D,6D,7D2,8D. The van der Waals surface area contributed by atoms with Crippen LogP contribution in [0.1, 0.15) is 38.8 Å². The number of hydrogen-bond donors (Lipinski definition) is 1. The zero-order chi connectivity index (χ0) is 22.3. The SMILES string of the molecule is [2H]c1nc(N2C([2H])([2H])C([2H])([2H])C([2H])([2H])C([2H])(C([2H])([2H])[2H])C2([2H])[2H])c([2H])nc1N. The van der Waals surface area contributed by atoms with E-state index in [1.54, 1.807) is 0 Å². The number of aromatic nitrogens is 2. The maximum absolute atomic E-state index is 8.21. The van der Waals surface area contributed by atoms with E-state index in [1.165, 1.54) is 0 Å². The van der Waals surface area contributed by atoms with Crippen molar-refractivity contribution in [2.24, 2.45) is 5.89 Å². The number of anilines is 2. The molecule has 0 radical (unpaired) electrons. The smallest absolute Gasteiger partial charge is 0.147 e. The van der Waals surface area contributed by atoms with Crippen molar-refractivity contribution in [3.05, 3.63) is 12.3 Å². The van der Waals surface area contributed by atoms with Crippen LogP contribution in [0.3, 0.4) is 0 Å². The highest BCUT2D eigenvalue weighted by Crippen LogP contribution is 2.20. The Morgan fingerprint density at radius 3 is 3.57 bits per heavy atom. The predicted octanol–water partition coefficient (Wildman–Crippen LogP) is 1.30. The molecule has 1 aliphatic rings. The van der Waals surface area contributed by atoms with Crippen molar-refractivity contribution in [1.29, 1.82) is 0 Å². The van der Waals surface area contributed by atoms with Gasteiger partial charge in [-0.15, -0.1) is 0 Å². The molecule has 2 heterocycles. The van der Waals surface area contributed by atoms with Gasteiger partial charge in [0.2, 0.25) is 0 Å². The molecule has 1 fully saturated rings. The molecule has 4 heteroatoms. The molecule has 1 unspecified atom stereocenters. The van der Waals surface area contributed by atoms with Crippen molar-refractivity contribution in [2.45, 2.75) is 19.6 Å². The minimum absolute atomic E-state index is 0.243. The average Bonchev–Trinajstić information content (AvgIpc) is 2.48. The Morgan fingerprint density at radius 1 is 1.79 bits per heavy atom. The molecule has 1 aromatic heterocycles. The van der Waals surface area contributed by atoms with Crippen LogP contribution in [0.15, 0.2) is 12.3 Å². The van der Waals surface area contributed by atoms with Crippen molar-refractivity contribution in [3.63, 3.8) is 0 Å². The van der Waals surface area contributed by atoms with E-state index in [0.29, 0.717) is 0 Å². The molecule has 0 spiro atoms. The summed E-state index contributed by atoms with van der Waals surface area (Å²) < 4.78 is 110. The second-order valence-corrected chi connectivity index (χ2v) is 2.34. The van der Waals surface area contributed by atoms with E-state index in [1.807, 2.05) is 0 Å². The van der Waals surface area contributed by atoms with E-state index in [0.717, 1.165) is 0 Å². The molecule has 2 rings (SSSR count). The molecule has 0 bridgehead atoms. The van der Waals surface area contributed by atoms with Crippen LogP contribution < -0.4 is 10.6 Å². The summed E-state index contributed by atoms with van der Waals surface area (Å²) in [7, 11) is 0. The Morgan fingerprint density at radius 2 is 2.71 bits per heavy atom. The Balaban J connectivity index is 2.99. The summed E-state index contributed by atoms with van der Waals surface area (Å²) >= 11 is 0. The largest absolute Gasteiger partial charge is 0.382 e. The van der Waals surface area contributed by atoms with Crippen LogP contribution in [-0.2, 0) is 0 Å². The Bertz CT molecular complexity index is 804. The monoisotopic (exact) mass is 206 g/mol. The van der Waals surface area contributed by atoms with Crippen LogP contribution in [0.25, 0.3) is 0 Å². The molecular formula is C10H16N4. The van der Waals surface area contributed by atoms with E-state index in [9.17, 15) is 0 Å². The summed E-state index contributed by atoms with van der Waals surface area (Å²) in [6.45, 7) is -11.2. The van der Waals surface area contributed by atoms with Gasteiger partial charge >= 0.3 is 0 Å². The fourth-order valence-corrected chi connectivity index (χ4v) is 0.790. The lowest BCUT2D eigenvalue weighted by molar-refractivity contribution is 0.444. The molecular weight excluding hydrogens is 176 g/mol. The first-order chi connectivity index (χ1) is 12.2. The van der Waals surface area contributed by atoms with Crippen molar-refractivity contribution in [1.82, 2.24) is 9.97 Å². The summed E-state index contributed by atoms with van der Waals surface area (Å²) in [4.78, 5) is 6.56. The summed E-state index contributed by atoms with van der Waals surface area (Å²) in [6.07, 6.45) is -9.45. The maximum Gasteiger partial charge on any atom is 0.147 e. The van der Waals surface area contributed by atoms with Crippen LogP contribution in [0, 0.1) is 5.89 Å². The highest BCUT2D eigenvalue weighted by molar-refractivity contribution is 5.39. The normalized spacial score (nSPS) is 57.6. The van der Waals surface area contributed by atoms with Gasteiger partial charge in [-0.3, -0.25) is 0 Å². The Labute approximate surface area is 104 Å². The minimum Gasteiger partial charge on any atom is -0.382 e. The van der Waals surface area contributed by atoms with Gasteiger partial charge in [0.05, 0.1) is 15.1 Å². The number of rotatable bonds is 1. The lowest BCUT2D eigenvalue weighted by Crippen LogP contribution is -2.34. The number of nitrogens with two attached hydrogens (primary N) is 1. The fraction of sp³-hybridized carbons (Fsp3) is 0.600. The van der Waals surface area contributed by atoms with Gasteiger partial charge < -0.3 is 10.6 Å². The molecule has 0 aromatic carbocycles. The van der Waals surface area contributed by atoms with Crippen LogP contribution >= 0.6 is 0 Å². The van der Waals surface area contributed by atoms with E-state index in [-0.39, 0.29) is 4.90 Å². The highest BCUT2D eigenvalue weighted by Gasteiger charge is 2.17. The summed E-state index contributed by atoms with van der Waals surface area (Å²) in [6, 6.07) is 0. The molecule has 2 N–H and O–H groups in total. The zero-order valence-electron chi connectivity index (χ0n) is 20.9. The van der Waals surface area contributed by atoms with Crippen molar-refractivity contribution < 1.29 is 19.2 Å². The van der Waals surface area contributed by atoms with Crippen molar-refractivity contribution in [2.75, 3.05) is 23.6 Å². The summed E-state index contributed by atoms with van der Waals surface area (Å²) in [5.74, 6) is -5.52. The molecule has 4 nitrogen and oxygen atoms in total. The van der Waals surface area contributed by atoms with Gasteiger partial charge in [-0.1, -0.05) is 6.85 Å². The van der Waals surface area contributed by atoms with Gasteiger partial charge in [-0.25, -0.2) is 9.97 Å². The number of nitrogen functional groups attached to an aromatic ring is 1. The number of hydrogen-bond acceptors (Lipinski definition) is 4. The van der Waals surface area contributed by atoms with Crippen LogP contribution in [0.4, 0.5) is 11.6 Å². The van der Waals surface area contributed by atoms with Gasteiger partial charge in [-0.05, 0) is 18.6 Å². The van der Waals surface area contributed by atoms with Gasteiger partial charge in [0.1, 0.15) is 11.6 Å². The van der Waals surface area contributed by atoms with Crippen LogP contribution in [0.5, 0.6) is 0 Å². The molecule has 0 aliphatic carbocycles. The topological polar surface area (TPSA) is 55.0 Å². The minimum atomic E-state index is -3.86. The van der Waals surface area contributed by atoms with E-state index >= 15 is 0 Å². The average molecular weight is 206 g/mol. The van der Waals surface area contributed by atoms with Crippen LogP contribution in [0.2, 0.25) is 0 Å². The molecule has 76 valence electrons. The van der Waals surface area contributed by atoms with Crippen molar-refractivity contribution in [3.8, 4) is 0 Å². The highest BCUT2D eigenvalue weighted by atomic mass is 15.2. The van der Waals surface area contributed by atoms with Crippen LogP contribution in [-0.4, -0.2) is 23.0 Å². The van der Waals surface area contributed by atoms with E-state index in [2.05, 4.69) is 9.97 Å². The molecule has 1 aromatic rings. The predicted molar refractivity (Wildman–Crippen MR) is 57.1 cm³/mol. The second kappa shape index (κ2) is 3.82. The van der Waals surface area contributed by atoms with Gasteiger partial charge in [0.25, 0.3) is 0 Å². The third-order valence-electron chi connectivity index (χ3n) is 1.34.